The van der Waals surface area contributed by atoms with Crippen molar-refractivity contribution in [3.63, 3.8) is 0 Å². The fourth-order valence-corrected chi connectivity index (χ4v) is 7.60. The van der Waals surface area contributed by atoms with E-state index in [4.69, 9.17) is 27.9 Å². The Hall–Kier alpha value is -2.15. The topological polar surface area (TPSA) is 79.4 Å². The Balaban J connectivity index is 1.18. The summed E-state index contributed by atoms with van der Waals surface area (Å²) in [5.41, 5.74) is 4.42. The first-order valence-electron chi connectivity index (χ1n) is 13.1. The largest absolute Gasteiger partial charge is 0.378 e. The van der Waals surface area contributed by atoms with Crippen LogP contribution in [0.2, 0.25) is 10.0 Å². The molecule has 10 heteroatoms. The molecule has 2 N–H and O–H groups in total. The van der Waals surface area contributed by atoms with Crippen molar-refractivity contribution >= 4 is 58.8 Å². The molecule has 3 aromatic rings. The summed E-state index contributed by atoms with van der Waals surface area (Å²) < 4.78 is 18.6. The molecule has 7 nitrogen and oxygen atoms in total. The van der Waals surface area contributed by atoms with E-state index < -0.39 is 7.14 Å². The summed E-state index contributed by atoms with van der Waals surface area (Å²) in [6, 6.07) is 13.7. The Kier molecular flexibility index (Phi) is 7.17. The van der Waals surface area contributed by atoms with Crippen molar-refractivity contribution in [2.75, 3.05) is 37.2 Å². The number of nitrogens with zero attached hydrogens (tertiary/aromatic N) is 3. The average Bonchev–Trinajstić information content (AvgIpc) is 3.09. The number of fused-ring (bicyclic) bond motifs is 3. The second kappa shape index (κ2) is 10.4. The number of ether oxygens (including phenoxy) is 1. The second-order valence-corrected chi connectivity index (χ2v) is 14.9. The van der Waals surface area contributed by atoms with Gasteiger partial charge in [-0.3, -0.25) is 4.90 Å². The van der Waals surface area contributed by atoms with E-state index in [1.54, 1.807) is 37.7 Å². The number of aryl methyl sites for hydroxylation is 2. The van der Waals surface area contributed by atoms with Gasteiger partial charge in [-0.2, -0.15) is 4.98 Å². The number of aromatic nitrogens is 2. The summed E-state index contributed by atoms with van der Waals surface area (Å²) in [4.78, 5) is 11.7. The van der Waals surface area contributed by atoms with Gasteiger partial charge in [0.05, 0.1) is 25.1 Å². The van der Waals surface area contributed by atoms with Crippen LogP contribution < -0.4 is 15.9 Å². The summed E-state index contributed by atoms with van der Waals surface area (Å²) in [6.45, 7) is 5.20. The van der Waals surface area contributed by atoms with E-state index in [0.717, 1.165) is 31.7 Å². The van der Waals surface area contributed by atoms with Crippen LogP contribution in [0.3, 0.4) is 0 Å². The highest BCUT2D eigenvalue weighted by molar-refractivity contribution is 7.70. The predicted molar refractivity (Wildman–Crippen MR) is 156 cm³/mol. The second-order valence-electron chi connectivity index (χ2n) is 10.9. The molecule has 0 amide bonds. The maximum atomic E-state index is 12.9. The molecular formula is C28H32Cl2N5O2P. The number of anilines is 4. The van der Waals surface area contributed by atoms with Gasteiger partial charge in [-0.25, -0.2) is 4.98 Å². The maximum absolute atomic E-state index is 12.9. The lowest BCUT2D eigenvalue weighted by molar-refractivity contribution is -0.148. The van der Waals surface area contributed by atoms with Gasteiger partial charge in [0.2, 0.25) is 5.95 Å². The predicted octanol–water partition coefficient (Wildman–Crippen LogP) is 6.24. The van der Waals surface area contributed by atoms with Gasteiger partial charge in [-0.1, -0.05) is 29.3 Å². The highest BCUT2D eigenvalue weighted by Crippen LogP contribution is 2.40. The van der Waals surface area contributed by atoms with E-state index in [0.29, 0.717) is 50.9 Å². The van der Waals surface area contributed by atoms with E-state index in [-0.39, 0.29) is 0 Å². The smallest absolute Gasteiger partial charge is 0.229 e. The average molecular weight is 572 g/mol. The van der Waals surface area contributed by atoms with Gasteiger partial charge in [0.15, 0.2) is 5.82 Å². The Labute approximate surface area is 233 Å². The van der Waals surface area contributed by atoms with Crippen LogP contribution in [0.4, 0.5) is 23.1 Å². The van der Waals surface area contributed by atoms with Crippen molar-refractivity contribution < 1.29 is 9.30 Å². The molecule has 200 valence electrons. The fraction of sp³-hybridized carbons (Fsp3) is 0.429. The summed E-state index contributed by atoms with van der Waals surface area (Å²) in [5.74, 6) is 0.867. The number of halogens is 2. The number of benzene rings is 2. The van der Waals surface area contributed by atoms with E-state index >= 15 is 0 Å². The van der Waals surface area contributed by atoms with Crippen molar-refractivity contribution in [3.8, 4) is 0 Å². The molecule has 2 fully saturated rings. The van der Waals surface area contributed by atoms with Crippen LogP contribution >= 0.6 is 30.3 Å². The van der Waals surface area contributed by atoms with Crippen LogP contribution in [0.5, 0.6) is 0 Å². The molecule has 38 heavy (non-hydrogen) atoms. The fourth-order valence-electron chi connectivity index (χ4n) is 6.06. The van der Waals surface area contributed by atoms with Gasteiger partial charge in [0.25, 0.3) is 0 Å². The van der Waals surface area contributed by atoms with Gasteiger partial charge in [0.1, 0.15) is 12.2 Å². The molecule has 2 bridgehead atoms. The molecule has 0 radical (unpaired) electrons. The molecule has 6 rings (SSSR count). The molecule has 3 heterocycles. The molecule has 2 unspecified atom stereocenters. The Morgan fingerprint density at radius 3 is 2.47 bits per heavy atom. The first-order chi connectivity index (χ1) is 18.2. The number of hydrogen-bond donors (Lipinski definition) is 2. The molecule has 1 aromatic heterocycles. The molecule has 2 saturated heterocycles. The standard InChI is InChI=1S/C28H32Cl2N5O2P/c1-38(2,36)26-12-19(29)6-10-25(26)33-27-24(30)14-31-28(34-27)32-20-7-3-17-4-8-21(9-5-18(17)11-20)35-22-13-23(35)16-37-15-22/h3,6-7,10-12,14,21-23H,4-5,8-9,13,15-16H2,1-2H3,(H2,31,32,33,34)/t21-,22?,23?/m0/s1. The number of hydrogen-bond acceptors (Lipinski definition) is 7. The van der Waals surface area contributed by atoms with Crippen LogP contribution in [-0.4, -0.2) is 59.5 Å². The Morgan fingerprint density at radius 2 is 1.74 bits per heavy atom. The minimum atomic E-state index is -2.59. The summed E-state index contributed by atoms with van der Waals surface area (Å²) >= 11 is 12.6. The Bertz CT molecular complexity index is 1400. The monoisotopic (exact) mass is 571 g/mol. The SMILES string of the molecule is CP(C)(=O)c1cc(Cl)ccc1Nc1nc(Nc2ccc3c(c2)CC[C@@H](N2C4COCC2C4)CC3)ncc1Cl. The summed E-state index contributed by atoms with van der Waals surface area (Å²) in [7, 11) is -2.59. The quantitative estimate of drug-likeness (QED) is 0.268. The van der Waals surface area contributed by atoms with Crippen molar-refractivity contribution in [1.29, 1.82) is 0 Å². The normalized spacial score (nSPS) is 23.2. The van der Waals surface area contributed by atoms with Gasteiger partial charge in [-0.05, 0) is 86.9 Å². The first-order valence-corrected chi connectivity index (χ1v) is 16.5. The minimum absolute atomic E-state index is 0.368. The van der Waals surface area contributed by atoms with Crippen molar-refractivity contribution in [3.05, 3.63) is 63.8 Å². The molecular weight excluding hydrogens is 540 g/mol. The third-order valence-electron chi connectivity index (χ3n) is 7.92. The number of nitrogens with one attached hydrogen (secondary N) is 2. The Morgan fingerprint density at radius 1 is 0.974 bits per heavy atom. The lowest BCUT2D eigenvalue weighted by Gasteiger charge is -2.56. The number of rotatable bonds is 6. The zero-order chi connectivity index (χ0) is 26.4. The van der Waals surface area contributed by atoms with Crippen LogP contribution in [-0.2, 0) is 22.1 Å². The zero-order valence-electron chi connectivity index (χ0n) is 21.6. The van der Waals surface area contributed by atoms with Crippen LogP contribution in [0.15, 0.2) is 42.6 Å². The summed E-state index contributed by atoms with van der Waals surface area (Å²) in [6.07, 6.45) is 7.41. The third kappa shape index (κ3) is 5.32. The molecule has 3 atom stereocenters. The van der Waals surface area contributed by atoms with E-state index in [1.807, 2.05) is 0 Å². The van der Waals surface area contributed by atoms with Crippen molar-refractivity contribution in [2.24, 2.45) is 0 Å². The van der Waals surface area contributed by atoms with Gasteiger partial charge in [0, 0.05) is 34.1 Å². The molecule has 3 aliphatic rings. The molecule has 1 aliphatic carbocycles. The molecule has 0 saturated carbocycles. The molecule has 2 aromatic carbocycles. The van der Waals surface area contributed by atoms with E-state index in [2.05, 4.69) is 43.7 Å². The third-order valence-corrected chi connectivity index (χ3v) is 9.96. The minimum Gasteiger partial charge on any atom is -0.378 e. The van der Waals surface area contributed by atoms with Crippen molar-refractivity contribution in [2.45, 2.75) is 50.2 Å². The number of morpholine rings is 1. The van der Waals surface area contributed by atoms with Gasteiger partial charge < -0.3 is 19.9 Å². The molecule has 0 spiro atoms. The van der Waals surface area contributed by atoms with Crippen molar-refractivity contribution in [1.82, 2.24) is 14.9 Å². The van der Waals surface area contributed by atoms with Crippen LogP contribution in [0, 0.1) is 0 Å². The highest BCUT2D eigenvalue weighted by atomic mass is 35.5. The lowest BCUT2D eigenvalue weighted by atomic mass is 9.87. The van der Waals surface area contributed by atoms with Crippen LogP contribution in [0.1, 0.15) is 30.4 Å². The highest BCUT2D eigenvalue weighted by Gasteiger charge is 2.45. The maximum Gasteiger partial charge on any atom is 0.229 e. The zero-order valence-corrected chi connectivity index (χ0v) is 24.0. The molecule has 2 aliphatic heterocycles. The van der Waals surface area contributed by atoms with Gasteiger partial charge >= 0.3 is 0 Å². The van der Waals surface area contributed by atoms with Gasteiger partial charge in [-0.15, -0.1) is 0 Å². The lowest BCUT2D eigenvalue weighted by Crippen LogP contribution is -2.66. The van der Waals surface area contributed by atoms with E-state index in [9.17, 15) is 4.57 Å². The first kappa shape index (κ1) is 26.1. The van der Waals surface area contributed by atoms with E-state index in [1.165, 1.54) is 30.4 Å². The van der Waals surface area contributed by atoms with Crippen LogP contribution in [0.25, 0.3) is 0 Å². The summed E-state index contributed by atoms with van der Waals surface area (Å²) in [5, 5.41) is 8.12.